The molecule has 0 bridgehead atoms. The summed E-state index contributed by atoms with van der Waals surface area (Å²) in [6, 6.07) is 11.0. The minimum Gasteiger partial charge on any atom is -0.117 e. The van der Waals surface area contributed by atoms with E-state index in [1.54, 1.807) is 5.57 Å². The Morgan fingerprint density at radius 3 is 2.76 bits per heavy atom. The lowest BCUT2D eigenvalue weighted by Crippen LogP contribution is -2.26. The van der Waals surface area contributed by atoms with Crippen molar-refractivity contribution in [3.8, 4) is 0 Å². The molecule has 0 amide bonds. The van der Waals surface area contributed by atoms with Gasteiger partial charge in [-0.1, -0.05) is 60.7 Å². The maximum atomic E-state index is 2.48. The Kier molecular flexibility index (Phi) is 5.12. The van der Waals surface area contributed by atoms with Gasteiger partial charge in [0.1, 0.15) is 0 Å². The topological polar surface area (TPSA) is 0 Å². The zero-order valence-corrected chi connectivity index (χ0v) is 15.8. The van der Waals surface area contributed by atoms with E-state index in [1.165, 1.54) is 53.7 Å². The van der Waals surface area contributed by atoms with E-state index in [1.807, 2.05) is 0 Å². The molecule has 0 saturated heterocycles. The van der Waals surface area contributed by atoms with Crippen LogP contribution in [0.1, 0.15) is 44.6 Å². The van der Waals surface area contributed by atoms with Gasteiger partial charge >= 0.3 is 0 Å². The van der Waals surface area contributed by atoms with Crippen LogP contribution >= 0.6 is 11.8 Å². The first-order chi connectivity index (χ1) is 12.4. The molecule has 0 N–H and O–H groups in total. The standard InChI is InChI=1S/C24H26S/c1-2-10-20-15-9-16-21-22(18-11-5-3-6-12-18)17-23(25-24(20)21)19-13-7-4-8-14-19/h2-7,10-13,17,20,24H,8-9,14-16H2,1H3/b10-2-/t20?,24-/m0/s1. The number of hydrogen-bond donors (Lipinski definition) is 0. The first kappa shape index (κ1) is 16.7. The predicted molar refractivity (Wildman–Crippen MR) is 111 cm³/mol. The Morgan fingerprint density at radius 1 is 1.12 bits per heavy atom. The first-order valence-corrected chi connectivity index (χ1v) is 10.4. The molecule has 128 valence electrons. The number of benzene rings is 1. The highest BCUT2D eigenvalue weighted by atomic mass is 32.2. The van der Waals surface area contributed by atoms with Crippen LogP contribution in [-0.4, -0.2) is 5.25 Å². The molecule has 1 aliphatic heterocycles. The summed E-state index contributed by atoms with van der Waals surface area (Å²) in [4.78, 5) is 1.49. The monoisotopic (exact) mass is 346 g/mol. The van der Waals surface area contributed by atoms with E-state index in [9.17, 15) is 0 Å². The summed E-state index contributed by atoms with van der Waals surface area (Å²) in [7, 11) is 0. The van der Waals surface area contributed by atoms with E-state index in [2.05, 4.69) is 85.5 Å². The summed E-state index contributed by atoms with van der Waals surface area (Å²) in [5.74, 6) is 0.667. The molecular formula is C24H26S. The molecule has 1 fully saturated rings. The number of rotatable bonds is 3. The second-order valence-corrected chi connectivity index (χ2v) is 8.28. The lowest BCUT2D eigenvalue weighted by atomic mass is 9.80. The number of allylic oxidation sites excluding steroid dienone is 8. The zero-order chi connectivity index (χ0) is 17.1. The summed E-state index contributed by atoms with van der Waals surface area (Å²) >= 11 is 2.12. The van der Waals surface area contributed by atoms with E-state index in [-0.39, 0.29) is 0 Å². The summed E-state index contributed by atoms with van der Waals surface area (Å²) in [6.45, 7) is 2.16. The van der Waals surface area contributed by atoms with Crippen LogP contribution in [0.2, 0.25) is 0 Å². The Bertz CT molecular complexity index is 774. The van der Waals surface area contributed by atoms with Gasteiger partial charge in [-0.05, 0) is 73.3 Å². The van der Waals surface area contributed by atoms with Crippen LogP contribution in [0, 0.1) is 5.92 Å². The molecular weight excluding hydrogens is 320 g/mol. The minimum absolute atomic E-state index is 0.604. The zero-order valence-electron chi connectivity index (χ0n) is 14.9. The smallest absolute Gasteiger partial charge is 0.0375 e. The summed E-state index contributed by atoms with van der Waals surface area (Å²) in [6.07, 6.45) is 20.2. The number of hydrogen-bond acceptors (Lipinski definition) is 1. The molecule has 2 atom stereocenters. The molecule has 1 aromatic carbocycles. The van der Waals surface area contributed by atoms with Gasteiger partial charge in [-0.25, -0.2) is 0 Å². The van der Waals surface area contributed by atoms with E-state index in [4.69, 9.17) is 0 Å². The van der Waals surface area contributed by atoms with Crippen molar-refractivity contribution in [2.75, 3.05) is 0 Å². The summed E-state index contributed by atoms with van der Waals surface area (Å²) in [5, 5.41) is 0.604. The number of thioether (sulfide) groups is 1. The van der Waals surface area contributed by atoms with E-state index in [0.717, 1.165) is 0 Å². The fourth-order valence-corrected chi connectivity index (χ4v) is 5.80. The van der Waals surface area contributed by atoms with Gasteiger partial charge in [-0.15, -0.1) is 11.8 Å². The molecule has 0 aromatic heterocycles. The van der Waals surface area contributed by atoms with Gasteiger partial charge in [-0.2, -0.15) is 0 Å². The molecule has 0 spiro atoms. The average Bonchev–Trinajstić information content (AvgIpc) is 2.69. The largest absolute Gasteiger partial charge is 0.117 e. The van der Waals surface area contributed by atoms with Crippen molar-refractivity contribution in [2.24, 2.45) is 5.92 Å². The Hall–Kier alpha value is -1.73. The molecule has 0 nitrogen and oxygen atoms in total. The van der Waals surface area contributed by atoms with Crippen LogP contribution in [0.3, 0.4) is 0 Å². The third-order valence-electron chi connectivity index (χ3n) is 5.45. The Balaban J connectivity index is 1.81. The van der Waals surface area contributed by atoms with E-state index in [0.29, 0.717) is 11.2 Å². The third kappa shape index (κ3) is 3.48. The minimum atomic E-state index is 0.604. The van der Waals surface area contributed by atoms with Gasteiger partial charge in [0.15, 0.2) is 0 Å². The van der Waals surface area contributed by atoms with E-state index >= 15 is 0 Å². The van der Waals surface area contributed by atoms with Crippen LogP contribution in [0.4, 0.5) is 0 Å². The SMILES string of the molecule is C/C=C\C1CCCC2=C(c3ccccc3)C=C(C3=CC=CCC3)S[C@H]21. The van der Waals surface area contributed by atoms with Gasteiger partial charge in [0.05, 0.1) is 0 Å². The second-order valence-electron chi connectivity index (χ2n) is 7.09. The maximum absolute atomic E-state index is 2.48. The molecule has 1 heterocycles. The maximum Gasteiger partial charge on any atom is 0.0375 e. The first-order valence-electron chi connectivity index (χ1n) is 9.52. The molecule has 2 aliphatic carbocycles. The molecule has 1 heteroatoms. The van der Waals surface area contributed by atoms with Crippen molar-refractivity contribution < 1.29 is 0 Å². The average molecular weight is 347 g/mol. The van der Waals surface area contributed by atoms with Crippen LogP contribution in [0.15, 0.2) is 82.8 Å². The Morgan fingerprint density at radius 2 is 2.00 bits per heavy atom. The van der Waals surface area contributed by atoms with Crippen molar-refractivity contribution in [3.63, 3.8) is 0 Å². The van der Waals surface area contributed by atoms with Crippen LogP contribution in [0.5, 0.6) is 0 Å². The van der Waals surface area contributed by atoms with E-state index < -0.39 is 0 Å². The van der Waals surface area contributed by atoms with Gasteiger partial charge in [0, 0.05) is 10.2 Å². The van der Waals surface area contributed by atoms with Crippen molar-refractivity contribution in [1.29, 1.82) is 0 Å². The van der Waals surface area contributed by atoms with Gasteiger partial charge in [0.25, 0.3) is 0 Å². The van der Waals surface area contributed by atoms with Crippen molar-refractivity contribution in [3.05, 3.63) is 88.4 Å². The molecule has 0 radical (unpaired) electrons. The van der Waals surface area contributed by atoms with Gasteiger partial charge in [0.2, 0.25) is 0 Å². The molecule has 4 rings (SSSR count). The summed E-state index contributed by atoms with van der Waals surface area (Å²) < 4.78 is 0. The molecule has 25 heavy (non-hydrogen) atoms. The third-order valence-corrected chi connectivity index (χ3v) is 6.97. The highest BCUT2D eigenvalue weighted by Gasteiger charge is 2.34. The second kappa shape index (κ2) is 7.66. The van der Waals surface area contributed by atoms with Crippen LogP contribution in [-0.2, 0) is 0 Å². The fraction of sp³-hybridized carbons (Fsp3) is 0.333. The van der Waals surface area contributed by atoms with Gasteiger partial charge in [-0.3, -0.25) is 0 Å². The molecule has 1 saturated carbocycles. The fourth-order valence-electron chi connectivity index (χ4n) is 4.23. The summed E-state index contributed by atoms with van der Waals surface area (Å²) in [5.41, 5.74) is 6.06. The predicted octanol–water partition coefficient (Wildman–Crippen LogP) is 7.09. The quantitative estimate of drug-likeness (QED) is 0.526. The van der Waals surface area contributed by atoms with Crippen molar-refractivity contribution in [1.82, 2.24) is 0 Å². The lowest BCUT2D eigenvalue weighted by molar-refractivity contribution is 0.507. The molecule has 1 unspecified atom stereocenters. The lowest BCUT2D eigenvalue weighted by Gasteiger charge is -2.37. The number of fused-ring (bicyclic) bond motifs is 1. The molecule has 3 aliphatic rings. The van der Waals surface area contributed by atoms with Crippen molar-refractivity contribution in [2.45, 2.75) is 44.3 Å². The van der Waals surface area contributed by atoms with Crippen molar-refractivity contribution >= 4 is 17.3 Å². The molecule has 1 aromatic rings. The highest BCUT2D eigenvalue weighted by molar-refractivity contribution is 8.04. The normalized spacial score (nSPS) is 26.4. The van der Waals surface area contributed by atoms with Gasteiger partial charge < -0.3 is 0 Å². The van der Waals surface area contributed by atoms with Crippen LogP contribution in [0.25, 0.3) is 5.57 Å². The highest BCUT2D eigenvalue weighted by Crippen LogP contribution is 2.50. The van der Waals surface area contributed by atoms with Crippen LogP contribution < -0.4 is 0 Å². The Labute approximate surface area is 156 Å².